The number of aryl methyl sites for hydroxylation is 1. The smallest absolute Gasteiger partial charge is 0.241 e. The van der Waals surface area contributed by atoms with E-state index in [4.69, 9.17) is 27.9 Å². The minimum absolute atomic E-state index is 0.0196. The lowest BCUT2D eigenvalue weighted by Crippen LogP contribution is -2.49. The number of hydrogen-bond acceptors (Lipinski definition) is 5. The largest absolute Gasteiger partial charge is 0.394 e. The molecule has 0 unspecified atom stereocenters. The number of hydrogen-bond donors (Lipinski definition) is 3. The van der Waals surface area contributed by atoms with Crippen LogP contribution >= 0.6 is 23.2 Å². The van der Waals surface area contributed by atoms with E-state index in [0.29, 0.717) is 10.0 Å². The Bertz CT molecular complexity index is 1090. The van der Waals surface area contributed by atoms with E-state index in [2.05, 4.69) is 10.0 Å². The maximum Gasteiger partial charge on any atom is 0.241 e. The summed E-state index contributed by atoms with van der Waals surface area (Å²) in [6.07, 6.45) is 1.82. The molecule has 172 valence electrons. The predicted molar refractivity (Wildman–Crippen MR) is 123 cm³/mol. The number of amides is 1. The molecule has 0 saturated heterocycles. The highest BCUT2D eigenvalue weighted by Crippen LogP contribution is 2.23. The second kappa shape index (κ2) is 10.8. The molecule has 32 heavy (non-hydrogen) atoms. The predicted octanol–water partition coefficient (Wildman–Crippen LogP) is 2.97. The molecular weight excluding hydrogens is 475 g/mol. The van der Waals surface area contributed by atoms with Gasteiger partial charge in [0, 0.05) is 6.54 Å². The Hall–Kier alpha value is -1.94. The molecule has 0 aromatic heterocycles. The van der Waals surface area contributed by atoms with Gasteiger partial charge in [0.15, 0.2) is 0 Å². The highest BCUT2D eigenvalue weighted by atomic mass is 35.5. The molecule has 0 fully saturated rings. The first-order valence-corrected chi connectivity index (χ1v) is 12.2. The van der Waals surface area contributed by atoms with E-state index in [0.717, 1.165) is 11.1 Å². The number of carbonyl (C=O) groups excluding carboxylic acids is 1. The third-order valence-corrected chi connectivity index (χ3v) is 7.16. The van der Waals surface area contributed by atoms with Crippen LogP contribution in [-0.4, -0.2) is 44.3 Å². The van der Waals surface area contributed by atoms with E-state index in [1.54, 1.807) is 42.5 Å². The Morgan fingerprint density at radius 2 is 1.81 bits per heavy atom. The number of aliphatic hydroxyl groups excluding tert-OH is 1. The van der Waals surface area contributed by atoms with Crippen LogP contribution in [0.3, 0.4) is 0 Å². The summed E-state index contributed by atoms with van der Waals surface area (Å²) in [4.78, 5) is 12.4. The number of carbonyl (C=O) groups is 1. The molecule has 2 aromatic rings. The number of sulfonamides is 1. The summed E-state index contributed by atoms with van der Waals surface area (Å²) in [6, 6.07) is 10.8. The second-order valence-corrected chi connectivity index (χ2v) is 10.00. The molecule has 1 amide bonds. The molecular formula is C22H24Cl2N2O5S. The molecule has 0 saturated carbocycles. The summed E-state index contributed by atoms with van der Waals surface area (Å²) >= 11 is 11.9. The average Bonchev–Trinajstić information content (AvgIpc) is 2.75. The Balaban J connectivity index is 1.57. The number of benzene rings is 2. The van der Waals surface area contributed by atoms with Crippen molar-refractivity contribution in [3.05, 3.63) is 75.8 Å². The van der Waals surface area contributed by atoms with Gasteiger partial charge in [0.05, 0.1) is 40.1 Å². The average molecular weight is 499 g/mol. The standard InChI is InChI=1S/C22H24Cl2N2O5S/c1-14-2-6-17(7-3-14)32(29,30)26-20-9-5-16(31-21(20)13-27)11-22(28)25-12-15-4-8-18(23)19(24)10-15/h2-10,16,20-21,26-27H,11-13H2,1H3,(H,25,28)/t16-,20-,21+/m0/s1. The first-order chi connectivity index (χ1) is 15.2. The van der Waals surface area contributed by atoms with Crippen LogP contribution < -0.4 is 10.0 Å². The van der Waals surface area contributed by atoms with Gasteiger partial charge in [0.1, 0.15) is 6.10 Å². The minimum Gasteiger partial charge on any atom is -0.394 e. The van der Waals surface area contributed by atoms with Crippen molar-refractivity contribution in [2.75, 3.05) is 6.61 Å². The van der Waals surface area contributed by atoms with E-state index in [1.807, 2.05) is 6.92 Å². The van der Waals surface area contributed by atoms with Crippen LogP contribution in [0.4, 0.5) is 0 Å². The van der Waals surface area contributed by atoms with Gasteiger partial charge in [0.25, 0.3) is 0 Å². The number of aliphatic hydroxyl groups is 1. The highest BCUT2D eigenvalue weighted by molar-refractivity contribution is 7.89. The first-order valence-electron chi connectivity index (χ1n) is 9.92. The molecule has 3 N–H and O–H groups in total. The Morgan fingerprint density at radius 1 is 1.09 bits per heavy atom. The van der Waals surface area contributed by atoms with Crippen LogP contribution in [0.25, 0.3) is 0 Å². The van der Waals surface area contributed by atoms with Gasteiger partial charge in [0.2, 0.25) is 15.9 Å². The fourth-order valence-corrected chi connectivity index (χ4v) is 4.72. The lowest BCUT2D eigenvalue weighted by Gasteiger charge is -2.31. The summed E-state index contributed by atoms with van der Waals surface area (Å²) < 4.78 is 33.5. The minimum atomic E-state index is -3.80. The van der Waals surface area contributed by atoms with E-state index in [9.17, 15) is 18.3 Å². The third kappa shape index (κ3) is 6.54. The molecule has 0 bridgehead atoms. The van der Waals surface area contributed by atoms with Crippen LogP contribution in [0.5, 0.6) is 0 Å². The number of ether oxygens (including phenoxy) is 1. The normalized spacial score (nSPS) is 20.8. The van der Waals surface area contributed by atoms with Crippen LogP contribution in [-0.2, 0) is 26.1 Å². The summed E-state index contributed by atoms with van der Waals surface area (Å²) in [5, 5.41) is 13.3. The Kier molecular flexibility index (Phi) is 8.32. The topological polar surface area (TPSA) is 105 Å². The van der Waals surface area contributed by atoms with Crippen LogP contribution in [0.2, 0.25) is 10.0 Å². The summed E-state index contributed by atoms with van der Waals surface area (Å²) in [7, 11) is -3.80. The van der Waals surface area contributed by atoms with E-state index < -0.39 is 34.9 Å². The molecule has 0 radical (unpaired) electrons. The molecule has 1 aliphatic rings. The number of halogens is 2. The van der Waals surface area contributed by atoms with Gasteiger partial charge in [-0.25, -0.2) is 13.1 Å². The van der Waals surface area contributed by atoms with Gasteiger partial charge < -0.3 is 15.2 Å². The highest BCUT2D eigenvalue weighted by Gasteiger charge is 2.31. The lowest BCUT2D eigenvalue weighted by molar-refractivity contribution is -0.125. The summed E-state index contributed by atoms with van der Waals surface area (Å²) in [5.74, 6) is -0.263. The Morgan fingerprint density at radius 3 is 2.47 bits per heavy atom. The van der Waals surface area contributed by atoms with Crippen molar-refractivity contribution < 1.29 is 23.1 Å². The molecule has 2 aromatic carbocycles. The van der Waals surface area contributed by atoms with Gasteiger partial charge in [-0.05, 0) is 36.8 Å². The van der Waals surface area contributed by atoms with Crippen LogP contribution in [0.1, 0.15) is 17.5 Å². The zero-order chi connectivity index (χ0) is 23.3. The molecule has 3 rings (SSSR count). The van der Waals surface area contributed by atoms with Crippen molar-refractivity contribution >= 4 is 39.1 Å². The fourth-order valence-electron chi connectivity index (χ4n) is 3.18. The van der Waals surface area contributed by atoms with Crippen molar-refractivity contribution in [1.29, 1.82) is 0 Å². The van der Waals surface area contributed by atoms with Gasteiger partial charge >= 0.3 is 0 Å². The van der Waals surface area contributed by atoms with Crippen molar-refractivity contribution in [3.8, 4) is 0 Å². The van der Waals surface area contributed by atoms with Gasteiger partial charge in [-0.15, -0.1) is 0 Å². The zero-order valence-electron chi connectivity index (χ0n) is 17.3. The Labute approximate surface area is 197 Å². The molecule has 0 spiro atoms. The molecule has 0 aliphatic carbocycles. The number of rotatable bonds is 8. The summed E-state index contributed by atoms with van der Waals surface area (Å²) in [6.45, 7) is 1.73. The molecule has 1 aliphatic heterocycles. The molecule has 1 heterocycles. The fraction of sp³-hybridized carbons (Fsp3) is 0.318. The van der Waals surface area contributed by atoms with E-state index in [1.165, 1.54) is 12.1 Å². The quantitative estimate of drug-likeness (QED) is 0.485. The second-order valence-electron chi connectivity index (χ2n) is 7.47. The summed E-state index contributed by atoms with van der Waals surface area (Å²) in [5.41, 5.74) is 1.74. The van der Waals surface area contributed by atoms with E-state index in [-0.39, 0.29) is 23.8 Å². The van der Waals surface area contributed by atoms with E-state index >= 15 is 0 Å². The maximum atomic E-state index is 12.6. The first kappa shape index (κ1) is 24.7. The van der Waals surface area contributed by atoms with Gasteiger partial charge in [-0.2, -0.15) is 0 Å². The monoisotopic (exact) mass is 498 g/mol. The van der Waals surface area contributed by atoms with Crippen molar-refractivity contribution in [2.24, 2.45) is 0 Å². The third-order valence-electron chi connectivity index (χ3n) is 4.95. The molecule has 3 atom stereocenters. The molecule has 10 heteroatoms. The lowest BCUT2D eigenvalue weighted by atomic mass is 10.1. The number of nitrogens with one attached hydrogen (secondary N) is 2. The zero-order valence-corrected chi connectivity index (χ0v) is 19.6. The van der Waals surface area contributed by atoms with Crippen LogP contribution in [0, 0.1) is 6.92 Å². The molecule has 7 nitrogen and oxygen atoms in total. The van der Waals surface area contributed by atoms with Crippen molar-refractivity contribution in [3.63, 3.8) is 0 Å². The van der Waals surface area contributed by atoms with Crippen LogP contribution in [0.15, 0.2) is 59.5 Å². The maximum absolute atomic E-state index is 12.6. The van der Waals surface area contributed by atoms with Gasteiger partial charge in [-0.3, -0.25) is 4.79 Å². The van der Waals surface area contributed by atoms with Crippen molar-refractivity contribution in [1.82, 2.24) is 10.0 Å². The van der Waals surface area contributed by atoms with Gasteiger partial charge in [-0.1, -0.05) is 59.1 Å². The SMILES string of the molecule is Cc1ccc(S(=O)(=O)N[C@H]2C=C[C@@H](CC(=O)NCc3ccc(Cl)c(Cl)c3)O[C@@H]2CO)cc1. The van der Waals surface area contributed by atoms with Crippen molar-refractivity contribution in [2.45, 2.75) is 43.0 Å².